The molecule has 3 aliphatic rings. The van der Waals surface area contributed by atoms with Crippen molar-refractivity contribution in [2.45, 2.75) is 81.9 Å². The zero-order valence-electron chi connectivity index (χ0n) is 17.4. The van der Waals surface area contributed by atoms with Crippen molar-refractivity contribution in [2.24, 2.45) is 0 Å². The van der Waals surface area contributed by atoms with Crippen LogP contribution in [0.25, 0.3) is 0 Å². The molecule has 0 bridgehead atoms. The molecule has 2 fully saturated rings. The van der Waals surface area contributed by atoms with Gasteiger partial charge in [0.1, 0.15) is 11.8 Å². The minimum absolute atomic E-state index is 0.113. The standard InChI is InChI=1S/C21H29N3O5S/c1-13-11-16-18(29-14(2)20(25)23-16)12-19(13)30(27,28)24-10-6-9-17(24)21(26)22-15-7-4-3-5-8-15/h11-12,14-15,17H,3-10H2,1-2H3,(H,22,26)(H,23,25)/t14-,17-/m0/s1. The lowest BCUT2D eigenvalue weighted by atomic mass is 9.95. The Morgan fingerprint density at radius 3 is 2.63 bits per heavy atom. The summed E-state index contributed by atoms with van der Waals surface area (Å²) in [5.74, 6) is -0.138. The van der Waals surface area contributed by atoms with Crippen molar-refractivity contribution in [2.75, 3.05) is 11.9 Å². The zero-order valence-corrected chi connectivity index (χ0v) is 18.3. The molecule has 1 aliphatic carbocycles. The topological polar surface area (TPSA) is 105 Å². The van der Waals surface area contributed by atoms with Crippen molar-refractivity contribution in [1.29, 1.82) is 0 Å². The van der Waals surface area contributed by atoms with Gasteiger partial charge in [0.05, 0.1) is 10.6 Å². The molecule has 4 rings (SSSR count). The monoisotopic (exact) mass is 435 g/mol. The summed E-state index contributed by atoms with van der Waals surface area (Å²) < 4.78 is 33.9. The lowest BCUT2D eigenvalue weighted by molar-refractivity contribution is -0.125. The molecule has 164 valence electrons. The van der Waals surface area contributed by atoms with Gasteiger partial charge in [0.15, 0.2) is 6.10 Å². The fraction of sp³-hybridized carbons (Fsp3) is 0.619. The number of nitrogens with one attached hydrogen (secondary N) is 2. The van der Waals surface area contributed by atoms with Gasteiger partial charge in [0.2, 0.25) is 15.9 Å². The average molecular weight is 436 g/mol. The maximum Gasteiger partial charge on any atom is 0.265 e. The molecule has 0 aromatic heterocycles. The van der Waals surface area contributed by atoms with E-state index < -0.39 is 22.2 Å². The van der Waals surface area contributed by atoms with E-state index in [1.807, 2.05) is 0 Å². The number of ether oxygens (including phenoxy) is 1. The molecular formula is C21H29N3O5S. The molecule has 30 heavy (non-hydrogen) atoms. The van der Waals surface area contributed by atoms with Gasteiger partial charge >= 0.3 is 0 Å². The maximum absolute atomic E-state index is 13.5. The molecule has 2 N–H and O–H groups in total. The Hall–Kier alpha value is -2.13. The quantitative estimate of drug-likeness (QED) is 0.755. The number of carbonyl (C=O) groups excluding carboxylic acids is 2. The highest BCUT2D eigenvalue weighted by molar-refractivity contribution is 7.89. The molecule has 2 heterocycles. The number of fused-ring (bicyclic) bond motifs is 1. The number of amides is 2. The van der Waals surface area contributed by atoms with Crippen LogP contribution in [0.2, 0.25) is 0 Å². The molecule has 1 saturated carbocycles. The summed E-state index contributed by atoms with van der Waals surface area (Å²) in [7, 11) is -3.89. The van der Waals surface area contributed by atoms with Crippen molar-refractivity contribution >= 4 is 27.5 Å². The molecule has 8 nitrogen and oxygen atoms in total. The van der Waals surface area contributed by atoms with Crippen molar-refractivity contribution < 1.29 is 22.7 Å². The highest BCUT2D eigenvalue weighted by Crippen LogP contribution is 2.37. The lowest BCUT2D eigenvalue weighted by Crippen LogP contribution is -2.49. The Bertz CT molecular complexity index is 956. The van der Waals surface area contributed by atoms with Gasteiger partial charge in [-0.1, -0.05) is 19.3 Å². The van der Waals surface area contributed by atoms with Crippen molar-refractivity contribution in [3.8, 4) is 5.75 Å². The Kier molecular flexibility index (Phi) is 5.76. The van der Waals surface area contributed by atoms with Crippen LogP contribution in [-0.2, 0) is 19.6 Å². The number of sulfonamides is 1. The van der Waals surface area contributed by atoms with E-state index >= 15 is 0 Å². The minimum atomic E-state index is -3.89. The van der Waals surface area contributed by atoms with Gasteiger partial charge in [-0.15, -0.1) is 0 Å². The summed E-state index contributed by atoms with van der Waals surface area (Å²) in [5.41, 5.74) is 0.966. The lowest BCUT2D eigenvalue weighted by Gasteiger charge is -2.29. The number of carbonyl (C=O) groups is 2. The smallest absolute Gasteiger partial charge is 0.265 e. The molecule has 0 unspecified atom stereocenters. The molecule has 1 aromatic carbocycles. The van der Waals surface area contributed by atoms with Crippen LogP contribution in [0.1, 0.15) is 57.4 Å². The first-order valence-corrected chi connectivity index (χ1v) is 12.2. The van der Waals surface area contributed by atoms with Gasteiger partial charge in [0.25, 0.3) is 5.91 Å². The normalized spacial score (nSPS) is 25.3. The Balaban J connectivity index is 1.58. The predicted octanol–water partition coefficient (Wildman–Crippen LogP) is 2.32. The second-order valence-electron chi connectivity index (χ2n) is 8.48. The van der Waals surface area contributed by atoms with Gasteiger partial charge in [0, 0.05) is 18.7 Å². The van der Waals surface area contributed by atoms with Crippen LogP contribution in [0, 0.1) is 6.92 Å². The van der Waals surface area contributed by atoms with Crippen molar-refractivity contribution in [1.82, 2.24) is 9.62 Å². The third-order valence-electron chi connectivity index (χ3n) is 6.25. The summed E-state index contributed by atoms with van der Waals surface area (Å²) >= 11 is 0. The van der Waals surface area contributed by atoms with E-state index in [0.717, 1.165) is 25.7 Å². The van der Waals surface area contributed by atoms with E-state index in [-0.39, 0.29) is 22.8 Å². The number of rotatable bonds is 4. The zero-order chi connectivity index (χ0) is 21.5. The molecule has 1 aromatic rings. The highest BCUT2D eigenvalue weighted by Gasteiger charge is 2.41. The first-order valence-electron chi connectivity index (χ1n) is 10.7. The Labute approximate surface area is 177 Å². The Morgan fingerprint density at radius 2 is 1.90 bits per heavy atom. The van der Waals surface area contributed by atoms with Gasteiger partial charge in [-0.25, -0.2) is 8.42 Å². The van der Waals surface area contributed by atoms with E-state index in [2.05, 4.69) is 10.6 Å². The summed E-state index contributed by atoms with van der Waals surface area (Å²) in [6, 6.07) is 2.52. The number of benzene rings is 1. The fourth-order valence-electron chi connectivity index (χ4n) is 4.58. The number of hydrogen-bond acceptors (Lipinski definition) is 5. The third kappa shape index (κ3) is 3.92. The fourth-order valence-corrected chi connectivity index (χ4v) is 6.46. The van der Waals surface area contributed by atoms with Crippen LogP contribution in [0.15, 0.2) is 17.0 Å². The predicted molar refractivity (Wildman–Crippen MR) is 112 cm³/mol. The SMILES string of the molecule is Cc1cc2c(cc1S(=O)(=O)N1CCC[C@H]1C(=O)NC1CCCCC1)O[C@@H](C)C(=O)N2. The van der Waals surface area contributed by atoms with Crippen LogP contribution in [0.5, 0.6) is 5.75 Å². The molecule has 9 heteroatoms. The summed E-state index contributed by atoms with van der Waals surface area (Å²) in [4.78, 5) is 24.9. The van der Waals surface area contributed by atoms with E-state index in [4.69, 9.17) is 4.74 Å². The second-order valence-corrected chi connectivity index (χ2v) is 10.3. The van der Waals surface area contributed by atoms with E-state index in [1.54, 1.807) is 19.9 Å². The van der Waals surface area contributed by atoms with Crippen LogP contribution in [0.3, 0.4) is 0 Å². The van der Waals surface area contributed by atoms with E-state index in [1.165, 1.54) is 16.8 Å². The average Bonchev–Trinajstić information content (AvgIpc) is 3.20. The number of hydrogen-bond donors (Lipinski definition) is 2. The van der Waals surface area contributed by atoms with Crippen molar-refractivity contribution in [3.63, 3.8) is 0 Å². The van der Waals surface area contributed by atoms with Gasteiger partial charge < -0.3 is 15.4 Å². The van der Waals surface area contributed by atoms with Crippen LogP contribution in [0.4, 0.5) is 5.69 Å². The van der Waals surface area contributed by atoms with Crippen molar-refractivity contribution in [3.05, 3.63) is 17.7 Å². The van der Waals surface area contributed by atoms with Gasteiger partial charge in [-0.2, -0.15) is 4.31 Å². The largest absolute Gasteiger partial charge is 0.479 e. The number of anilines is 1. The van der Waals surface area contributed by atoms with E-state index in [9.17, 15) is 18.0 Å². The summed E-state index contributed by atoms with van der Waals surface area (Å²) in [6.45, 7) is 3.61. The molecule has 0 radical (unpaired) electrons. The number of nitrogens with zero attached hydrogens (tertiary/aromatic N) is 1. The van der Waals surface area contributed by atoms with Crippen LogP contribution < -0.4 is 15.4 Å². The molecule has 1 saturated heterocycles. The third-order valence-corrected chi connectivity index (χ3v) is 8.30. The second kappa shape index (κ2) is 8.19. The number of aryl methyl sites for hydroxylation is 1. The minimum Gasteiger partial charge on any atom is -0.479 e. The first-order chi connectivity index (χ1) is 14.3. The molecule has 2 atom stereocenters. The van der Waals surface area contributed by atoms with Crippen LogP contribution in [-0.4, -0.2) is 49.3 Å². The van der Waals surface area contributed by atoms with E-state index in [0.29, 0.717) is 36.4 Å². The Morgan fingerprint density at radius 1 is 1.17 bits per heavy atom. The van der Waals surface area contributed by atoms with Gasteiger partial charge in [-0.3, -0.25) is 9.59 Å². The highest BCUT2D eigenvalue weighted by atomic mass is 32.2. The summed E-state index contributed by atoms with van der Waals surface area (Å²) in [5, 5.41) is 5.81. The molecule has 0 spiro atoms. The molecule has 2 amide bonds. The van der Waals surface area contributed by atoms with Gasteiger partial charge in [-0.05, 0) is 51.2 Å². The first kappa shape index (κ1) is 21.1. The molecular weight excluding hydrogens is 406 g/mol. The van der Waals surface area contributed by atoms with Crippen LogP contribution >= 0.6 is 0 Å². The maximum atomic E-state index is 13.5. The summed E-state index contributed by atoms with van der Waals surface area (Å²) in [6.07, 6.45) is 5.77. The molecule has 2 aliphatic heterocycles.